The Labute approximate surface area is 189 Å². The lowest BCUT2D eigenvalue weighted by Crippen LogP contribution is -2.37. The first-order valence-electron chi connectivity index (χ1n) is 11.2. The summed E-state index contributed by atoms with van der Waals surface area (Å²) >= 11 is 0. The minimum absolute atomic E-state index is 0.0709. The monoisotopic (exact) mass is 427 g/mol. The predicted molar refractivity (Wildman–Crippen MR) is 129 cm³/mol. The second-order valence-corrected chi connectivity index (χ2v) is 7.71. The van der Waals surface area contributed by atoms with Crippen molar-refractivity contribution in [1.29, 1.82) is 0 Å². The average Bonchev–Trinajstić information content (AvgIpc) is 3.14. The molecule has 1 aliphatic carbocycles. The van der Waals surface area contributed by atoms with E-state index in [1.54, 1.807) is 0 Å². The van der Waals surface area contributed by atoms with Crippen molar-refractivity contribution in [2.75, 3.05) is 19.8 Å². The lowest BCUT2D eigenvalue weighted by atomic mass is 10.0. The molecule has 4 nitrogen and oxygen atoms in total. The molecule has 164 valence electrons. The Bertz CT molecular complexity index is 1050. The van der Waals surface area contributed by atoms with Gasteiger partial charge < -0.3 is 14.8 Å². The van der Waals surface area contributed by atoms with Crippen LogP contribution < -0.4 is 10.1 Å². The summed E-state index contributed by atoms with van der Waals surface area (Å²) in [5.41, 5.74) is 7.30. The lowest BCUT2D eigenvalue weighted by Gasteiger charge is -2.16. The van der Waals surface area contributed by atoms with Gasteiger partial charge in [-0.3, -0.25) is 4.79 Å². The first kappa shape index (κ1) is 21.8. The fraction of sp³-hybridized carbons (Fsp3) is 0.250. The first-order chi connectivity index (χ1) is 15.7. The van der Waals surface area contributed by atoms with Crippen LogP contribution in [0, 0.1) is 0 Å². The van der Waals surface area contributed by atoms with Gasteiger partial charge in [-0.1, -0.05) is 60.7 Å². The third kappa shape index (κ3) is 4.76. The van der Waals surface area contributed by atoms with Crippen molar-refractivity contribution >= 4 is 11.5 Å². The van der Waals surface area contributed by atoms with Crippen LogP contribution in [0.4, 0.5) is 0 Å². The fourth-order valence-electron chi connectivity index (χ4n) is 4.14. The van der Waals surface area contributed by atoms with Gasteiger partial charge in [0, 0.05) is 19.6 Å². The number of hydrogen-bond donors (Lipinski definition) is 1. The average molecular weight is 428 g/mol. The smallest absolute Gasteiger partial charge is 0.249 e. The Morgan fingerprint density at radius 1 is 0.875 bits per heavy atom. The fourth-order valence-corrected chi connectivity index (χ4v) is 4.14. The van der Waals surface area contributed by atoms with Gasteiger partial charge in [-0.15, -0.1) is 0 Å². The highest BCUT2D eigenvalue weighted by molar-refractivity contribution is 6.01. The van der Waals surface area contributed by atoms with Gasteiger partial charge >= 0.3 is 0 Å². The van der Waals surface area contributed by atoms with E-state index in [2.05, 4.69) is 59.9 Å². The lowest BCUT2D eigenvalue weighted by molar-refractivity contribution is -0.132. The Morgan fingerprint density at radius 3 is 2.03 bits per heavy atom. The molecule has 4 rings (SSSR count). The zero-order chi connectivity index (χ0) is 22.3. The summed E-state index contributed by atoms with van der Waals surface area (Å²) in [6, 6.07) is 24.9. The van der Waals surface area contributed by atoms with E-state index in [0.29, 0.717) is 26.2 Å². The molecular weight excluding hydrogens is 398 g/mol. The normalized spacial score (nSPS) is 12.6. The van der Waals surface area contributed by atoms with E-state index in [1.165, 1.54) is 27.8 Å². The number of hydrogen-bond acceptors (Lipinski definition) is 3. The predicted octanol–water partition coefficient (Wildman–Crippen LogP) is 5.26. The van der Waals surface area contributed by atoms with Gasteiger partial charge in [0.05, 0.1) is 0 Å². The molecule has 0 saturated heterocycles. The van der Waals surface area contributed by atoms with Crippen LogP contribution in [-0.4, -0.2) is 31.8 Å². The summed E-state index contributed by atoms with van der Waals surface area (Å²) in [5.74, 6) is 0.731. The van der Waals surface area contributed by atoms with Crippen LogP contribution in [0.15, 0.2) is 78.9 Å². The van der Waals surface area contributed by atoms with Gasteiger partial charge in [-0.05, 0) is 65.4 Å². The van der Waals surface area contributed by atoms with Gasteiger partial charge in [0.2, 0.25) is 5.91 Å². The second kappa shape index (κ2) is 10.3. The number of benzene rings is 3. The van der Waals surface area contributed by atoms with Crippen LogP contribution in [0.3, 0.4) is 0 Å². The molecule has 0 heterocycles. The van der Waals surface area contributed by atoms with E-state index in [0.717, 1.165) is 11.3 Å². The number of fused-ring (bicyclic) bond motifs is 3. The van der Waals surface area contributed by atoms with Crippen molar-refractivity contribution in [2.45, 2.75) is 26.4 Å². The molecule has 0 spiro atoms. The topological polar surface area (TPSA) is 47.6 Å². The van der Waals surface area contributed by atoms with Crippen LogP contribution in [0.25, 0.3) is 16.7 Å². The maximum absolute atomic E-state index is 12.2. The van der Waals surface area contributed by atoms with Gasteiger partial charge in [0.25, 0.3) is 0 Å². The number of nitrogens with one attached hydrogen (secondary N) is 1. The van der Waals surface area contributed by atoms with Crippen LogP contribution in [-0.2, 0) is 16.0 Å². The minimum Gasteiger partial charge on any atom is -0.490 e. The quantitative estimate of drug-likeness (QED) is 0.396. The number of ether oxygens (including phenoxy) is 2. The number of carbonyl (C=O) groups is 1. The van der Waals surface area contributed by atoms with Crippen molar-refractivity contribution in [1.82, 2.24) is 5.32 Å². The summed E-state index contributed by atoms with van der Waals surface area (Å²) in [5, 5.41) is 2.84. The molecule has 32 heavy (non-hydrogen) atoms. The summed E-state index contributed by atoms with van der Waals surface area (Å²) in [6.07, 6.45) is 2.22. The number of rotatable bonds is 9. The number of carbonyl (C=O) groups excluding carboxylic acids is 1. The van der Waals surface area contributed by atoms with Crippen LogP contribution in [0.2, 0.25) is 0 Å². The molecule has 3 aromatic rings. The van der Waals surface area contributed by atoms with Crippen LogP contribution in [0.5, 0.6) is 5.75 Å². The molecule has 0 saturated carbocycles. The Balaban J connectivity index is 1.42. The number of amides is 1. The summed E-state index contributed by atoms with van der Waals surface area (Å²) < 4.78 is 11.6. The largest absolute Gasteiger partial charge is 0.490 e. The molecule has 1 atom stereocenters. The molecule has 1 amide bonds. The summed E-state index contributed by atoms with van der Waals surface area (Å²) in [7, 11) is 0. The molecule has 0 fully saturated rings. The number of likely N-dealkylation sites (N-methyl/N-ethyl adjacent to an activating group) is 1. The molecule has 0 radical (unpaired) electrons. The SMILES string of the molecule is CCNC(=O)C(Cc1ccc(OCC=C2c3ccccc3-c3ccccc32)cc1)OCC. The zero-order valence-corrected chi connectivity index (χ0v) is 18.6. The van der Waals surface area contributed by atoms with Gasteiger partial charge in [-0.2, -0.15) is 0 Å². The highest BCUT2D eigenvalue weighted by atomic mass is 16.5. The highest BCUT2D eigenvalue weighted by Crippen LogP contribution is 2.43. The maximum Gasteiger partial charge on any atom is 0.249 e. The van der Waals surface area contributed by atoms with E-state index in [1.807, 2.05) is 38.1 Å². The molecule has 0 aromatic heterocycles. The molecule has 1 unspecified atom stereocenters. The van der Waals surface area contributed by atoms with Crippen LogP contribution in [0.1, 0.15) is 30.5 Å². The van der Waals surface area contributed by atoms with Gasteiger partial charge in [0.15, 0.2) is 0 Å². The minimum atomic E-state index is -0.473. The molecule has 0 bridgehead atoms. The van der Waals surface area contributed by atoms with Crippen molar-refractivity contribution in [2.24, 2.45) is 0 Å². The maximum atomic E-state index is 12.2. The van der Waals surface area contributed by atoms with E-state index in [-0.39, 0.29) is 5.91 Å². The molecule has 4 heteroatoms. The molecular formula is C28H29NO3. The van der Waals surface area contributed by atoms with Crippen LogP contribution >= 0.6 is 0 Å². The Kier molecular flexibility index (Phi) is 7.03. The summed E-state index contributed by atoms with van der Waals surface area (Å²) in [4.78, 5) is 12.2. The van der Waals surface area contributed by atoms with Gasteiger partial charge in [0.1, 0.15) is 18.5 Å². The molecule has 1 N–H and O–H groups in total. The third-order valence-corrected chi connectivity index (χ3v) is 5.62. The highest BCUT2D eigenvalue weighted by Gasteiger charge is 2.22. The Morgan fingerprint density at radius 2 is 1.47 bits per heavy atom. The van der Waals surface area contributed by atoms with E-state index in [4.69, 9.17) is 9.47 Å². The van der Waals surface area contributed by atoms with Crippen molar-refractivity contribution in [3.8, 4) is 16.9 Å². The zero-order valence-electron chi connectivity index (χ0n) is 18.6. The molecule has 3 aromatic carbocycles. The van der Waals surface area contributed by atoms with E-state index in [9.17, 15) is 4.79 Å². The summed E-state index contributed by atoms with van der Waals surface area (Å²) in [6.45, 7) is 5.39. The second-order valence-electron chi connectivity index (χ2n) is 7.71. The third-order valence-electron chi connectivity index (χ3n) is 5.62. The van der Waals surface area contributed by atoms with E-state index >= 15 is 0 Å². The van der Waals surface area contributed by atoms with Crippen molar-refractivity contribution in [3.05, 3.63) is 95.6 Å². The Hall–Kier alpha value is -3.37. The van der Waals surface area contributed by atoms with Crippen molar-refractivity contribution < 1.29 is 14.3 Å². The standard InChI is InChI=1S/C28H29NO3/c1-3-29-28(30)27(31-4-2)19-20-13-15-21(16-14-20)32-18-17-26-24-11-7-5-9-22(24)23-10-6-8-12-25(23)26/h5-17,27H,3-4,18-19H2,1-2H3,(H,29,30). The molecule has 0 aliphatic heterocycles. The van der Waals surface area contributed by atoms with E-state index < -0.39 is 6.10 Å². The molecule has 1 aliphatic rings. The van der Waals surface area contributed by atoms with Gasteiger partial charge in [-0.25, -0.2) is 0 Å². The first-order valence-corrected chi connectivity index (χ1v) is 11.2. The van der Waals surface area contributed by atoms with Crippen molar-refractivity contribution in [3.63, 3.8) is 0 Å².